The van der Waals surface area contributed by atoms with Crippen LogP contribution in [-0.4, -0.2) is 18.8 Å². The van der Waals surface area contributed by atoms with Gasteiger partial charge < -0.3 is 4.74 Å². The number of carbonyl (C=O) groups excluding carboxylic acids is 1. The van der Waals surface area contributed by atoms with Gasteiger partial charge in [0.15, 0.2) is 0 Å². The zero-order valence-electron chi connectivity index (χ0n) is 8.36. The summed E-state index contributed by atoms with van der Waals surface area (Å²) in [6.45, 7) is 3.44. The van der Waals surface area contributed by atoms with Crippen molar-refractivity contribution in [3.05, 3.63) is 0 Å². The molecule has 84 valence electrons. The van der Waals surface area contributed by atoms with Gasteiger partial charge in [0.2, 0.25) is 0 Å². The Balaban J connectivity index is 4.21. The Morgan fingerprint density at radius 1 is 1.36 bits per heavy atom. The summed E-state index contributed by atoms with van der Waals surface area (Å²) in [5.41, 5.74) is 0. The van der Waals surface area contributed by atoms with E-state index in [1.807, 2.05) is 0 Å². The lowest BCUT2D eigenvalue weighted by Crippen LogP contribution is -2.24. The largest absolute Gasteiger partial charge is 0.466 e. The maximum absolute atomic E-state index is 12.0. The monoisotopic (exact) mass is 212 g/mol. The van der Waals surface area contributed by atoms with Crippen LogP contribution in [0.2, 0.25) is 0 Å². The van der Waals surface area contributed by atoms with Gasteiger partial charge in [-0.1, -0.05) is 13.3 Å². The molecule has 5 heteroatoms. The first kappa shape index (κ1) is 13.3. The maximum atomic E-state index is 12.0. The highest BCUT2D eigenvalue weighted by molar-refractivity contribution is 5.72. The molecule has 2 nitrogen and oxygen atoms in total. The van der Waals surface area contributed by atoms with Crippen LogP contribution in [0.25, 0.3) is 0 Å². The number of alkyl halides is 3. The van der Waals surface area contributed by atoms with Crippen molar-refractivity contribution in [1.82, 2.24) is 0 Å². The van der Waals surface area contributed by atoms with Crippen molar-refractivity contribution < 1.29 is 22.7 Å². The molecule has 0 aromatic carbocycles. The van der Waals surface area contributed by atoms with Crippen molar-refractivity contribution in [1.29, 1.82) is 0 Å². The minimum absolute atomic E-state index is 0.122. The second kappa shape index (κ2) is 5.88. The molecule has 0 aliphatic rings. The van der Waals surface area contributed by atoms with Crippen LogP contribution in [0, 0.1) is 5.92 Å². The van der Waals surface area contributed by atoms with Crippen LogP contribution in [0.4, 0.5) is 13.2 Å². The molecule has 0 radical (unpaired) electrons. The Morgan fingerprint density at radius 2 is 1.93 bits per heavy atom. The van der Waals surface area contributed by atoms with Gasteiger partial charge in [0.1, 0.15) is 0 Å². The number of carbonyl (C=O) groups is 1. The molecular formula is C9H15F3O2. The molecule has 0 fully saturated rings. The fraction of sp³-hybridized carbons (Fsp3) is 0.889. The fourth-order valence-electron chi connectivity index (χ4n) is 1.19. The van der Waals surface area contributed by atoms with Gasteiger partial charge >= 0.3 is 12.1 Å². The molecule has 1 atom stereocenters. The first-order valence-corrected chi connectivity index (χ1v) is 4.64. The van der Waals surface area contributed by atoms with Crippen LogP contribution < -0.4 is 0 Å². The molecule has 0 rings (SSSR count). The van der Waals surface area contributed by atoms with Crippen molar-refractivity contribution in [2.45, 2.75) is 39.3 Å². The van der Waals surface area contributed by atoms with Crippen LogP contribution in [0.3, 0.4) is 0 Å². The first-order chi connectivity index (χ1) is 6.40. The summed E-state index contributed by atoms with van der Waals surface area (Å²) in [4.78, 5) is 11.1. The molecule has 0 saturated carbocycles. The minimum atomic E-state index is -4.30. The minimum Gasteiger partial charge on any atom is -0.466 e. The zero-order valence-corrected chi connectivity index (χ0v) is 8.36. The van der Waals surface area contributed by atoms with E-state index in [0.29, 0.717) is 6.42 Å². The van der Waals surface area contributed by atoms with E-state index in [1.54, 1.807) is 13.8 Å². The molecule has 0 bridgehead atoms. The molecule has 0 N–H and O–H groups in total. The summed E-state index contributed by atoms with van der Waals surface area (Å²) in [6, 6.07) is 0. The lowest BCUT2D eigenvalue weighted by Gasteiger charge is -2.16. The predicted octanol–water partition coefficient (Wildman–Crippen LogP) is 2.92. The van der Waals surface area contributed by atoms with Crippen molar-refractivity contribution in [2.24, 2.45) is 5.92 Å². The normalized spacial score (nSPS) is 13.8. The summed E-state index contributed by atoms with van der Waals surface area (Å²) >= 11 is 0. The van der Waals surface area contributed by atoms with E-state index in [0.717, 1.165) is 0 Å². The van der Waals surface area contributed by atoms with E-state index in [2.05, 4.69) is 4.74 Å². The Labute approximate surface area is 81.4 Å². The van der Waals surface area contributed by atoms with Gasteiger partial charge in [0.05, 0.1) is 18.9 Å². The molecule has 14 heavy (non-hydrogen) atoms. The molecule has 0 aromatic heterocycles. The van der Waals surface area contributed by atoms with Gasteiger partial charge in [0.25, 0.3) is 0 Å². The Morgan fingerprint density at radius 3 is 2.29 bits per heavy atom. The average molecular weight is 212 g/mol. The summed E-state index contributed by atoms with van der Waals surface area (Å²) < 4.78 is 40.6. The highest BCUT2D eigenvalue weighted by Gasteiger charge is 2.35. The smallest absolute Gasteiger partial charge is 0.389 e. The molecule has 0 heterocycles. The quantitative estimate of drug-likeness (QED) is 0.655. The number of rotatable bonds is 5. The van der Waals surface area contributed by atoms with E-state index < -0.39 is 24.5 Å². The molecular weight excluding hydrogens is 197 g/mol. The number of hydrogen-bond donors (Lipinski definition) is 0. The summed E-state index contributed by atoms with van der Waals surface area (Å²) in [5, 5.41) is 0. The number of halogens is 3. The van der Waals surface area contributed by atoms with Crippen LogP contribution in [0.15, 0.2) is 0 Å². The zero-order chi connectivity index (χ0) is 11.2. The summed E-state index contributed by atoms with van der Waals surface area (Å²) in [5.74, 6) is -1.79. The lowest BCUT2D eigenvalue weighted by atomic mass is 10.00. The predicted molar refractivity (Wildman–Crippen MR) is 45.7 cm³/mol. The number of hydrogen-bond acceptors (Lipinski definition) is 2. The molecule has 0 saturated heterocycles. The van der Waals surface area contributed by atoms with Gasteiger partial charge in [-0.3, -0.25) is 4.79 Å². The maximum Gasteiger partial charge on any atom is 0.389 e. The van der Waals surface area contributed by atoms with Crippen molar-refractivity contribution in [2.75, 3.05) is 6.61 Å². The topological polar surface area (TPSA) is 26.3 Å². The van der Waals surface area contributed by atoms with Gasteiger partial charge in [0, 0.05) is 0 Å². The van der Waals surface area contributed by atoms with Gasteiger partial charge in [-0.05, 0) is 13.3 Å². The van der Waals surface area contributed by atoms with Gasteiger partial charge in [-0.25, -0.2) is 0 Å². The average Bonchev–Trinajstić information content (AvgIpc) is 2.01. The SMILES string of the molecule is CCCC(CC(F)(F)F)C(=O)OCC. The molecule has 0 aromatic rings. The third kappa shape index (κ3) is 5.83. The fourth-order valence-corrected chi connectivity index (χ4v) is 1.19. The molecule has 0 aliphatic carbocycles. The van der Waals surface area contributed by atoms with E-state index in [9.17, 15) is 18.0 Å². The highest BCUT2D eigenvalue weighted by atomic mass is 19.4. The van der Waals surface area contributed by atoms with Crippen molar-refractivity contribution in [3.8, 4) is 0 Å². The second-order valence-corrected chi connectivity index (χ2v) is 3.06. The third-order valence-electron chi connectivity index (χ3n) is 1.73. The number of esters is 1. The summed E-state index contributed by atoms with van der Waals surface area (Å²) in [7, 11) is 0. The lowest BCUT2D eigenvalue weighted by molar-refractivity contribution is -0.168. The van der Waals surface area contributed by atoms with Gasteiger partial charge in [-0.15, -0.1) is 0 Å². The van der Waals surface area contributed by atoms with E-state index >= 15 is 0 Å². The first-order valence-electron chi connectivity index (χ1n) is 4.64. The molecule has 0 spiro atoms. The van der Waals surface area contributed by atoms with Crippen LogP contribution in [0.1, 0.15) is 33.1 Å². The molecule has 0 amide bonds. The van der Waals surface area contributed by atoms with Crippen molar-refractivity contribution >= 4 is 5.97 Å². The summed E-state index contributed by atoms with van der Waals surface area (Å²) in [6.07, 6.45) is -4.62. The van der Waals surface area contributed by atoms with Crippen LogP contribution in [-0.2, 0) is 9.53 Å². The van der Waals surface area contributed by atoms with E-state index in [-0.39, 0.29) is 13.0 Å². The van der Waals surface area contributed by atoms with E-state index in [4.69, 9.17) is 0 Å². The van der Waals surface area contributed by atoms with Crippen LogP contribution >= 0.6 is 0 Å². The third-order valence-corrected chi connectivity index (χ3v) is 1.73. The number of ether oxygens (including phenoxy) is 1. The highest BCUT2D eigenvalue weighted by Crippen LogP contribution is 2.28. The Bertz CT molecular complexity index is 177. The second-order valence-electron chi connectivity index (χ2n) is 3.06. The van der Waals surface area contributed by atoms with Crippen molar-refractivity contribution in [3.63, 3.8) is 0 Å². The molecule has 0 aliphatic heterocycles. The van der Waals surface area contributed by atoms with E-state index in [1.165, 1.54) is 0 Å². The van der Waals surface area contributed by atoms with Crippen LogP contribution in [0.5, 0.6) is 0 Å². The van der Waals surface area contributed by atoms with Gasteiger partial charge in [-0.2, -0.15) is 13.2 Å². The molecule has 1 unspecified atom stereocenters. The Hall–Kier alpha value is -0.740. The Kier molecular flexibility index (Phi) is 5.57. The standard InChI is InChI=1S/C9H15F3O2/c1-3-5-7(6-9(10,11)12)8(13)14-4-2/h7H,3-6H2,1-2H3.